The Kier molecular flexibility index (Phi) is 8.33. The van der Waals surface area contributed by atoms with Gasteiger partial charge in [0.15, 0.2) is 15.6 Å². The van der Waals surface area contributed by atoms with E-state index in [0.29, 0.717) is 12.5 Å². The van der Waals surface area contributed by atoms with Crippen LogP contribution in [0.2, 0.25) is 0 Å². The predicted molar refractivity (Wildman–Crippen MR) is 138 cm³/mol. The zero-order chi connectivity index (χ0) is 28.9. The lowest BCUT2D eigenvalue weighted by molar-refractivity contribution is -0.127. The van der Waals surface area contributed by atoms with E-state index in [9.17, 15) is 35.5 Å². The molecule has 5 atom stereocenters. The van der Waals surface area contributed by atoms with Gasteiger partial charge in [-0.3, -0.25) is 9.35 Å². The van der Waals surface area contributed by atoms with Gasteiger partial charge in [0, 0.05) is 17.9 Å². The Morgan fingerprint density at radius 1 is 1.26 bits per heavy atom. The van der Waals surface area contributed by atoms with Gasteiger partial charge in [-0.05, 0) is 37.2 Å². The number of fused-ring (bicyclic) bond motifs is 2. The first-order valence-corrected chi connectivity index (χ1v) is 16.1. The number of sulfone groups is 1. The summed E-state index contributed by atoms with van der Waals surface area (Å²) in [4.78, 5) is 15.6. The van der Waals surface area contributed by atoms with Crippen molar-refractivity contribution >= 4 is 41.7 Å². The number of aromatic nitrogens is 3. The number of hydrogen-bond acceptors (Lipinski definition) is 8. The fraction of sp³-hybridized carbons (Fsp3) is 0.609. The molecule has 2 aliphatic rings. The van der Waals surface area contributed by atoms with Crippen molar-refractivity contribution in [2.45, 2.75) is 55.8 Å². The van der Waals surface area contributed by atoms with E-state index in [0.717, 1.165) is 24.8 Å². The second kappa shape index (κ2) is 10.3. The predicted octanol–water partition coefficient (Wildman–Crippen LogP) is 2.52. The van der Waals surface area contributed by atoms with Crippen LogP contribution in [0, 0.1) is 28.4 Å². The van der Waals surface area contributed by atoms with Gasteiger partial charge in [0.05, 0.1) is 27.8 Å². The summed E-state index contributed by atoms with van der Waals surface area (Å²) in [6, 6.07) is 2.58. The molecular weight excluding hydrogens is 612 g/mol. The van der Waals surface area contributed by atoms with E-state index in [2.05, 4.69) is 26.0 Å². The zero-order valence-electron chi connectivity index (χ0n) is 21.2. The van der Waals surface area contributed by atoms with Crippen LogP contribution >= 0.6 is 15.9 Å². The number of carbonyl (C=O) groups is 1. The monoisotopic (exact) mass is 641 g/mol. The summed E-state index contributed by atoms with van der Waals surface area (Å²) < 4.78 is 83.3. The maximum Gasteiger partial charge on any atom is 0.265 e. The number of benzene rings is 1. The summed E-state index contributed by atoms with van der Waals surface area (Å²) in [5.41, 5.74) is -3.71. The second-order valence-corrected chi connectivity index (χ2v) is 15.4. The lowest BCUT2D eigenvalue weighted by Gasteiger charge is -2.35. The van der Waals surface area contributed by atoms with E-state index in [-0.39, 0.29) is 34.1 Å². The molecule has 0 spiro atoms. The van der Waals surface area contributed by atoms with E-state index in [1.165, 1.54) is 24.3 Å². The van der Waals surface area contributed by atoms with E-state index in [1.807, 2.05) is 13.8 Å². The van der Waals surface area contributed by atoms with Crippen molar-refractivity contribution in [2.24, 2.45) is 16.7 Å². The van der Waals surface area contributed by atoms with Gasteiger partial charge in [0.25, 0.3) is 10.1 Å². The number of halogens is 3. The van der Waals surface area contributed by atoms with Gasteiger partial charge in [-0.15, -0.1) is 0 Å². The highest BCUT2D eigenvalue weighted by Crippen LogP contribution is 2.65. The highest BCUT2D eigenvalue weighted by Gasteiger charge is 2.69. The normalized spacial score (nSPS) is 26.9. The van der Waals surface area contributed by atoms with Crippen LogP contribution in [-0.2, 0) is 36.9 Å². The average Bonchev–Trinajstić information content (AvgIpc) is 3.39. The molecule has 2 saturated carbocycles. The van der Waals surface area contributed by atoms with Gasteiger partial charge in [0.2, 0.25) is 0 Å². The molecule has 2 aliphatic carbocycles. The number of ketones is 1. The van der Waals surface area contributed by atoms with Crippen LogP contribution in [-0.4, -0.2) is 69.1 Å². The van der Waals surface area contributed by atoms with E-state index in [1.54, 1.807) is 0 Å². The van der Waals surface area contributed by atoms with Gasteiger partial charge in [-0.2, -0.15) is 13.5 Å². The third-order valence-corrected chi connectivity index (χ3v) is 11.7. The molecule has 2 aromatic rings. The molecule has 1 aromatic heterocycles. The zero-order valence-corrected chi connectivity index (χ0v) is 24.4. The molecule has 38 heavy (non-hydrogen) atoms. The molecule has 1 heterocycles. The van der Waals surface area contributed by atoms with Crippen LogP contribution in [0.25, 0.3) is 0 Å². The van der Waals surface area contributed by atoms with Crippen molar-refractivity contribution in [3.63, 3.8) is 0 Å². The third kappa shape index (κ3) is 5.58. The lowest BCUT2D eigenvalue weighted by Crippen LogP contribution is -2.46. The largest absolute Gasteiger partial charge is 0.382 e. The first-order chi connectivity index (χ1) is 17.3. The molecule has 1 aromatic carbocycles. The molecule has 5 unspecified atom stereocenters. The highest BCUT2D eigenvalue weighted by atomic mass is 79.9. The number of nitrogens with zero attached hydrogens (tertiary/aromatic N) is 3. The molecule has 0 radical (unpaired) electrons. The smallest absolute Gasteiger partial charge is 0.265 e. The maximum atomic E-state index is 14.1. The molecular formula is C23H30BrF2N3O7S2. The SMILES string of the molecule is CC(C(O)(Cn1cncn1)c1ccc(F)cc1F)S(C)(=O)=O.CC1(C)C2CCC1(CS(=O)(=O)O)C(=O)C2Br. The fourth-order valence-corrected chi connectivity index (χ4v) is 9.22. The Hall–Kier alpha value is -1.81. The van der Waals surface area contributed by atoms with Crippen molar-refractivity contribution in [3.8, 4) is 0 Å². The molecule has 2 bridgehead atoms. The van der Waals surface area contributed by atoms with Gasteiger partial charge in [0.1, 0.15) is 29.9 Å². The summed E-state index contributed by atoms with van der Waals surface area (Å²) in [5, 5.41) is 13.3. The van der Waals surface area contributed by atoms with Gasteiger partial charge < -0.3 is 5.11 Å². The summed E-state index contributed by atoms with van der Waals surface area (Å²) in [5.74, 6) is -2.19. The van der Waals surface area contributed by atoms with Crippen molar-refractivity contribution in [1.82, 2.24) is 14.8 Å². The molecule has 10 nitrogen and oxygen atoms in total. The Morgan fingerprint density at radius 2 is 1.89 bits per heavy atom. The number of Topliss-reactive ketones (excluding diaryl/α,β-unsaturated/α-hetero) is 1. The van der Waals surface area contributed by atoms with E-state index >= 15 is 0 Å². The Balaban J connectivity index is 0.000000221. The lowest BCUT2D eigenvalue weighted by atomic mass is 9.70. The van der Waals surface area contributed by atoms with Gasteiger partial charge in [-0.25, -0.2) is 26.9 Å². The molecule has 0 aliphatic heterocycles. The minimum absolute atomic E-state index is 0.0635. The quantitative estimate of drug-likeness (QED) is 0.342. The van der Waals surface area contributed by atoms with Crippen LogP contribution in [0.3, 0.4) is 0 Å². The van der Waals surface area contributed by atoms with Crippen LogP contribution in [0.15, 0.2) is 30.9 Å². The Labute approximate surface area is 228 Å². The van der Waals surface area contributed by atoms with Crippen LogP contribution in [0.1, 0.15) is 39.2 Å². The number of hydrogen-bond donors (Lipinski definition) is 2. The van der Waals surface area contributed by atoms with Gasteiger partial charge in [-0.1, -0.05) is 35.8 Å². The van der Waals surface area contributed by atoms with Crippen molar-refractivity contribution in [1.29, 1.82) is 0 Å². The van der Waals surface area contributed by atoms with E-state index in [4.69, 9.17) is 4.55 Å². The minimum atomic E-state index is -4.12. The first kappa shape index (κ1) is 30.7. The maximum absolute atomic E-state index is 14.1. The van der Waals surface area contributed by atoms with E-state index < -0.39 is 53.6 Å². The van der Waals surface area contributed by atoms with Crippen molar-refractivity contribution in [3.05, 3.63) is 48.1 Å². The Morgan fingerprint density at radius 3 is 2.34 bits per heavy atom. The van der Waals surface area contributed by atoms with Crippen LogP contribution < -0.4 is 0 Å². The first-order valence-electron chi connectivity index (χ1n) is 11.6. The average molecular weight is 643 g/mol. The molecule has 4 rings (SSSR count). The number of rotatable bonds is 7. The van der Waals surface area contributed by atoms with Crippen LogP contribution in [0.5, 0.6) is 0 Å². The van der Waals surface area contributed by atoms with Crippen molar-refractivity contribution in [2.75, 3.05) is 12.0 Å². The summed E-state index contributed by atoms with van der Waals surface area (Å²) in [6.45, 7) is 4.77. The molecule has 2 fully saturated rings. The minimum Gasteiger partial charge on any atom is -0.382 e. The summed E-state index contributed by atoms with van der Waals surface area (Å²) in [7, 11) is -7.83. The number of aliphatic hydroxyl groups is 1. The highest BCUT2D eigenvalue weighted by molar-refractivity contribution is 9.10. The summed E-state index contributed by atoms with van der Waals surface area (Å²) >= 11 is 3.35. The fourth-order valence-electron chi connectivity index (χ4n) is 5.67. The van der Waals surface area contributed by atoms with Crippen LogP contribution in [0.4, 0.5) is 8.78 Å². The topological polar surface area (TPSA) is 157 Å². The number of carbonyl (C=O) groups excluding carboxylic acids is 1. The molecule has 212 valence electrons. The molecule has 15 heteroatoms. The molecule has 0 saturated heterocycles. The molecule has 0 amide bonds. The standard InChI is InChI=1S/C13H15F2N3O3S.C10H15BrO4S/c1-9(22(2,20)21)13(19,6-18-8-16-7-17-18)11-4-3-10(14)5-12(11)15;1-9(2)6-3-4-10(9,5-16(13,14)15)8(12)7(6)11/h3-5,7-9,19H,6H2,1-2H3;6-7H,3-5H2,1-2H3,(H,13,14,15). The Bertz CT molecular complexity index is 1420. The third-order valence-electron chi connectivity index (χ3n) is 8.13. The summed E-state index contributed by atoms with van der Waals surface area (Å²) in [6.07, 6.45) is 4.80. The number of alkyl halides is 1. The second-order valence-electron chi connectivity index (χ2n) is 10.6. The van der Waals surface area contributed by atoms with Gasteiger partial charge >= 0.3 is 0 Å². The van der Waals surface area contributed by atoms with Crippen molar-refractivity contribution < 1.29 is 40.1 Å². The molecule has 2 N–H and O–H groups in total.